The van der Waals surface area contributed by atoms with E-state index in [1.807, 2.05) is 0 Å². The number of azo groups is 1. The maximum Gasteiger partial charge on any atom is 0.246 e. The SMILES string of the molecule is COCCn1cc(S(=O)(=O)N2CCC3(CC2)C2=C(N=NC2)NC2=C3C(=O)CC(C)(C)C2)cn1. The lowest BCUT2D eigenvalue weighted by Crippen LogP contribution is -2.50. The van der Waals surface area contributed by atoms with Crippen molar-refractivity contribution in [2.45, 2.75) is 51.0 Å². The van der Waals surface area contributed by atoms with Gasteiger partial charge in [-0.25, -0.2) is 8.42 Å². The van der Waals surface area contributed by atoms with Gasteiger partial charge in [0.05, 0.1) is 25.9 Å². The van der Waals surface area contributed by atoms with Crippen LogP contribution in [-0.2, 0) is 26.1 Å². The van der Waals surface area contributed by atoms with Gasteiger partial charge in [-0.05, 0) is 24.7 Å². The van der Waals surface area contributed by atoms with Crippen molar-refractivity contribution in [1.29, 1.82) is 0 Å². The van der Waals surface area contributed by atoms with Crippen LogP contribution >= 0.6 is 0 Å². The minimum Gasteiger partial charge on any atom is -0.383 e. The molecule has 0 bridgehead atoms. The van der Waals surface area contributed by atoms with Gasteiger partial charge in [-0.2, -0.15) is 14.5 Å². The summed E-state index contributed by atoms with van der Waals surface area (Å²) < 4.78 is 34.7. The van der Waals surface area contributed by atoms with E-state index in [0.717, 1.165) is 29.1 Å². The van der Waals surface area contributed by atoms with Crippen molar-refractivity contribution in [3.63, 3.8) is 0 Å². The molecule has 1 aliphatic carbocycles. The third-order valence-corrected chi connectivity index (χ3v) is 9.09. The van der Waals surface area contributed by atoms with E-state index in [1.165, 1.54) is 10.5 Å². The van der Waals surface area contributed by atoms with Gasteiger partial charge in [-0.3, -0.25) is 9.48 Å². The first-order valence-electron chi connectivity index (χ1n) is 11.3. The molecule has 3 aliphatic heterocycles. The van der Waals surface area contributed by atoms with Crippen LogP contribution in [0.2, 0.25) is 0 Å². The number of nitrogens with one attached hydrogen (secondary N) is 1. The molecule has 10 nitrogen and oxygen atoms in total. The quantitative estimate of drug-likeness (QED) is 0.699. The van der Waals surface area contributed by atoms with E-state index in [2.05, 4.69) is 34.5 Å². The van der Waals surface area contributed by atoms with Crippen molar-refractivity contribution >= 4 is 15.8 Å². The Bertz CT molecular complexity index is 1190. The molecular formula is C22H30N6O4S. The highest BCUT2D eigenvalue weighted by Gasteiger charge is 2.53. The number of hydrogen-bond donors (Lipinski definition) is 1. The van der Waals surface area contributed by atoms with Crippen molar-refractivity contribution < 1.29 is 17.9 Å². The zero-order chi connectivity index (χ0) is 23.4. The van der Waals surface area contributed by atoms with Crippen LogP contribution in [-0.4, -0.2) is 61.6 Å². The highest BCUT2D eigenvalue weighted by Crippen LogP contribution is 2.55. The molecule has 4 aliphatic rings. The number of carbonyl (C=O) groups excluding carboxylic acids is 1. The fourth-order valence-corrected chi connectivity index (χ4v) is 7.06. The first kappa shape index (κ1) is 22.4. The highest BCUT2D eigenvalue weighted by atomic mass is 32.2. The number of Topliss-reactive ketones (excluding diaryl/α,β-unsaturated/α-hetero) is 1. The summed E-state index contributed by atoms with van der Waals surface area (Å²) in [6.07, 6.45) is 5.29. The number of allylic oxidation sites excluding steroid dienone is 2. The van der Waals surface area contributed by atoms with E-state index in [0.29, 0.717) is 52.0 Å². The Balaban J connectivity index is 1.42. The molecule has 0 atom stereocenters. The van der Waals surface area contributed by atoms with Crippen molar-refractivity contribution in [1.82, 2.24) is 19.4 Å². The molecule has 0 saturated carbocycles. The number of hydrogen-bond acceptors (Lipinski definition) is 8. The van der Waals surface area contributed by atoms with Gasteiger partial charge in [0.25, 0.3) is 0 Å². The van der Waals surface area contributed by atoms with E-state index in [-0.39, 0.29) is 16.1 Å². The fourth-order valence-electron chi connectivity index (χ4n) is 5.66. The van der Waals surface area contributed by atoms with Gasteiger partial charge in [0.2, 0.25) is 10.0 Å². The number of ether oxygens (including phenoxy) is 1. The first-order valence-corrected chi connectivity index (χ1v) is 12.8. The third-order valence-electron chi connectivity index (χ3n) is 7.23. The Labute approximate surface area is 193 Å². The molecular weight excluding hydrogens is 444 g/mol. The van der Waals surface area contributed by atoms with Gasteiger partial charge >= 0.3 is 0 Å². The number of dihydropyridines is 1. The lowest BCUT2D eigenvalue weighted by Gasteiger charge is -2.48. The second-order valence-corrected chi connectivity index (χ2v) is 12.0. The Hall–Kier alpha value is -2.37. The molecule has 0 amide bonds. The second kappa shape index (κ2) is 7.85. The zero-order valence-electron chi connectivity index (χ0n) is 19.3. The third kappa shape index (κ3) is 3.66. The number of nitrogens with zero attached hydrogens (tertiary/aromatic N) is 5. The number of carbonyl (C=O) groups is 1. The van der Waals surface area contributed by atoms with E-state index in [4.69, 9.17) is 4.74 Å². The van der Waals surface area contributed by atoms with Crippen LogP contribution in [0.5, 0.6) is 0 Å². The molecule has 178 valence electrons. The molecule has 1 fully saturated rings. The van der Waals surface area contributed by atoms with Crippen LogP contribution in [0.4, 0.5) is 0 Å². The Morgan fingerprint density at radius 2 is 1.97 bits per heavy atom. The summed E-state index contributed by atoms with van der Waals surface area (Å²) >= 11 is 0. The molecule has 0 aromatic carbocycles. The lowest BCUT2D eigenvalue weighted by atomic mass is 9.60. The van der Waals surface area contributed by atoms with Crippen LogP contribution in [0.1, 0.15) is 39.5 Å². The Morgan fingerprint density at radius 3 is 2.70 bits per heavy atom. The Morgan fingerprint density at radius 1 is 1.21 bits per heavy atom. The average molecular weight is 475 g/mol. The topological polar surface area (TPSA) is 118 Å². The smallest absolute Gasteiger partial charge is 0.246 e. The number of methoxy groups -OCH3 is 1. The highest BCUT2D eigenvalue weighted by molar-refractivity contribution is 7.89. The summed E-state index contributed by atoms with van der Waals surface area (Å²) in [5.41, 5.74) is 2.18. The minimum atomic E-state index is -3.68. The predicted molar refractivity (Wildman–Crippen MR) is 119 cm³/mol. The molecule has 1 aromatic rings. The minimum absolute atomic E-state index is 0.120. The van der Waals surface area contributed by atoms with Crippen LogP contribution in [0.25, 0.3) is 0 Å². The number of sulfonamides is 1. The van der Waals surface area contributed by atoms with Crippen molar-refractivity contribution in [2.24, 2.45) is 21.1 Å². The molecule has 5 rings (SSSR count). The first-order chi connectivity index (χ1) is 15.7. The lowest BCUT2D eigenvalue weighted by molar-refractivity contribution is -0.119. The van der Waals surface area contributed by atoms with Gasteiger partial charge in [0, 0.05) is 55.1 Å². The standard InChI is InChI=1S/C22H30N6O4S/c1-21(2)10-17-19(18(29)11-21)22(16-13-23-26-20(16)25-17)4-6-28(7-5-22)33(30,31)15-12-24-27(14-15)8-9-32-3/h12,14,25H,4-11,13H2,1-3H3. The normalized spacial score (nSPS) is 24.3. The van der Waals surface area contributed by atoms with Crippen molar-refractivity contribution in [3.05, 3.63) is 35.1 Å². The van der Waals surface area contributed by atoms with Crippen molar-refractivity contribution in [3.8, 4) is 0 Å². The fraction of sp³-hybridized carbons (Fsp3) is 0.636. The van der Waals surface area contributed by atoms with E-state index in [1.54, 1.807) is 18.0 Å². The van der Waals surface area contributed by atoms with Gasteiger partial charge in [-0.1, -0.05) is 13.8 Å². The van der Waals surface area contributed by atoms with E-state index >= 15 is 0 Å². The summed E-state index contributed by atoms with van der Waals surface area (Å²) in [7, 11) is -2.08. The monoisotopic (exact) mass is 474 g/mol. The summed E-state index contributed by atoms with van der Waals surface area (Å²) in [6, 6.07) is 0. The number of ketones is 1. The zero-order valence-corrected chi connectivity index (χ0v) is 20.1. The van der Waals surface area contributed by atoms with Gasteiger partial charge in [0.1, 0.15) is 4.90 Å². The Kier molecular flexibility index (Phi) is 5.33. The van der Waals surface area contributed by atoms with Crippen LogP contribution in [0, 0.1) is 10.8 Å². The summed E-state index contributed by atoms with van der Waals surface area (Å²) in [5, 5.41) is 16.1. The predicted octanol–water partition coefficient (Wildman–Crippen LogP) is 2.22. The summed E-state index contributed by atoms with van der Waals surface area (Å²) in [6.45, 7) is 6.26. The van der Waals surface area contributed by atoms with Crippen LogP contribution < -0.4 is 5.32 Å². The number of piperidine rings is 1. The molecule has 1 N–H and O–H groups in total. The number of rotatable bonds is 5. The molecule has 4 heterocycles. The summed E-state index contributed by atoms with van der Waals surface area (Å²) in [4.78, 5) is 13.5. The van der Waals surface area contributed by atoms with Crippen LogP contribution in [0.15, 0.2) is 50.2 Å². The van der Waals surface area contributed by atoms with E-state index in [9.17, 15) is 13.2 Å². The van der Waals surface area contributed by atoms with Gasteiger partial charge in [0.15, 0.2) is 11.6 Å². The molecule has 11 heteroatoms. The summed E-state index contributed by atoms with van der Waals surface area (Å²) in [5.74, 6) is 0.901. The maximum atomic E-state index is 13.4. The van der Waals surface area contributed by atoms with Crippen molar-refractivity contribution in [2.75, 3.05) is 33.4 Å². The molecule has 33 heavy (non-hydrogen) atoms. The largest absolute Gasteiger partial charge is 0.383 e. The van der Waals surface area contributed by atoms with Gasteiger partial charge in [-0.15, -0.1) is 5.11 Å². The number of fused-ring (bicyclic) bond motifs is 2. The molecule has 1 aromatic heterocycles. The van der Waals surface area contributed by atoms with Gasteiger partial charge < -0.3 is 10.1 Å². The number of aromatic nitrogens is 2. The van der Waals surface area contributed by atoms with Crippen LogP contribution in [0.3, 0.4) is 0 Å². The average Bonchev–Trinajstić information content (AvgIpc) is 3.41. The maximum absolute atomic E-state index is 13.4. The molecule has 0 radical (unpaired) electrons. The molecule has 0 unspecified atom stereocenters. The van der Waals surface area contributed by atoms with E-state index < -0.39 is 15.4 Å². The second-order valence-electron chi connectivity index (χ2n) is 10.1. The molecule has 1 spiro atoms. The molecule has 1 saturated heterocycles.